The lowest BCUT2D eigenvalue weighted by Crippen LogP contribution is -2.34. The van der Waals surface area contributed by atoms with Gasteiger partial charge in [0.15, 0.2) is 0 Å². The molecule has 4 heteroatoms. The Morgan fingerprint density at radius 2 is 2.00 bits per heavy atom. The zero-order valence-corrected chi connectivity index (χ0v) is 13.0. The molecule has 1 N–H and O–H groups in total. The van der Waals surface area contributed by atoms with Crippen LogP contribution >= 0.6 is 0 Å². The number of hydrogen-bond donors (Lipinski definition) is 1. The van der Waals surface area contributed by atoms with Crippen molar-refractivity contribution in [3.8, 4) is 5.69 Å². The Hall–Kier alpha value is -1.65. The molecule has 1 atom stereocenters. The van der Waals surface area contributed by atoms with Gasteiger partial charge in [0, 0.05) is 18.8 Å². The van der Waals surface area contributed by atoms with E-state index in [0.29, 0.717) is 0 Å². The fourth-order valence-corrected chi connectivity index (χ4v) is 2.64. The first-order chi connectivity index (χ1) is 10.1. The zero-order chi connectivity index (χ0) is 14.9. The fourth-order valence-electron chi connectivity index (χ4n) is 2.64. The van der Waals surface area contributed by atoms with E-state index < -0.39 is 0 Å². The van der Waals surface area contributed by atoms with Gasteiger partial charge in [-0.15, -0.1) is 0 Å². The third-order valence-corrected chi connectivity index (χ3v) is 3.94. The third kappa shape index (κ3) is 3.01. The van der Waals surface area contributed by atoms with Gasteiger partial charge in [-0.1, -0.05) is 32.9 Å². The van der Waals surface area contributed by atoms with Gasteiger partial charge in [-0.25, -0.2) is 4.98 Å². The highest BCUT2D eigenvalue weighted by atomic mass is 16.5. The number of nitrogens with one attached hydrogen (secondary N) is 1. The van der Waals surface area contributed by atoms with E-state index in [1.54, 1.807) is 0 Å². The lowest BCUT2D eigenvalue weighted by molar-refractivity contribution is 0.0240. The van der Waals surface area contributed by atoms with Crippen molar-refractivity contribution < 1.29 is 4.74 Å². The molecule has 1 aliphatic rings. The first kappa shape index (κ1) is 14.3. The number of hydrogen-bond acceptors (Lipinski definition) is 3. The average Bonchev–Trinajstić information content (AvgIpc) is 2.97. The molecule has 1 aromatic heterocycles. The maximum absolute atomic E-state index is 5.84. The largest absolute Gasteiger partial charge is 0.369 e. The van der Waals surface area contributed by atoms with Crippen LogP contribution in [0.25, 0.3) is 5.69 Å². The smallest absolute Gasteiger partial charge is 0.112 e. The molecule has 0 bridgehead atoms. The van der Waals surface area contributed by atoms with Gasteiger partial charge in [-0.2, -0.15) is 0 Å². The molecule has 0 aliphatic carbocycles. The predicted molar refractivity (Wildman–Crippen MR) is 83.8 cm³/mol. The maximum Gasteiger partial charge on any atom is 0.112 e. The molecule has 0 radical (unpaired) electrons. The summed E-state index contributed by atoms with van der Waals surface area (Å²) in [5.41, 5.74) is 3.74. The highest BCUT2D eigenvalue weighted by Crippen LogP contribution is 2.25. The third-order valence-electron chi connectivity index (χ3n) is 3.94. The van der Waals surface area contributed by atoms with Crippen molar-refractivity contribution in [2.45, 2.75) is 32.3 Å². The first-order valence-electron chi connectivity index (χ1n) is 7.51. The molecule has 2 heterocycles. The summed E-state index contributed by atoms with van der Waals surface area (Å²) in [5.74, 6) is 0. The molecule has 1 unspecified atom stereocenters. The Bertz CT molecular complexity index is 589. The van der Waals surface area contributed by atoms with E-state index >= 15 is 0 Å². The number of aromatic nitrogens is 2. The Morgan fingerprint density at radius 3 is 2.62 bits per heavy atom. The SMILES string of the molecule is CC(C)(C)c1ccc(-n2cncc2C2CNCCO2)cc1. The molecule has 0 amide bonds. The standard InChI is InChI=1S/C17H23N3O/c1-17(2,3)13-4-6-14(7-5-13)20-12-19-10-15(20)16-11-18-8-9-21-16/h4-7,10,12,16,18H,8-9,11H2,1-3H3. The van der Waals surface area contributed by atoms with E-state index in [9.17, 15) is 0 Å². The molecule has 1 aliphatic heterocycles. The summed E-state index contributed by atoms with van der Waals surface area (Å²) in [5, 5.41) is 3.36. The Morgan fingerprint density at radius 1 is 1.24 bits per heavy atom. The number of morpholine rings is 1. The van der Waals surface area contributed by atoms with Crippen molar-refractivity contribution >= 4 is 0 Å². The molecule has 1 fully saturated rings. The second-order valence-corrected chi connectivity index (χ2v) is 6.55. The molecule has 2 aromatic rings. The molecular weight excluding hydrogens is 262 g/mol. The Balaban J connectivity index is 1.89. The zero-order valence-electron chi connectivity index (χ0n) is 13.0. The van der Waals surface area contributed by atoms with Gasteiger partial charge in [-0.05, 0) is 23.1 Å². The van der Waals surface area contributed by atoms with Crippen molar-refractivity contribution in [1.29, 1.82) is 0 Å². The van der Waals surface area contributed by atoms with Crippen molar-refractivity contribution in [3.05, 3.63) is 48.0 Å². The number of nitrogens with zero attached hydrogens (tertiary/aromatic N) is 2. The molecular formula is C17H23N3O. The summed E-state index contributed by atoms with van der Waals surface area (Å²) in [6.07, 6.45) is 3.83. The molecule has 1 aromatic carbocycles. The summed E-state index contributed by atoms with van der Waals surface area (Å²) >= 11 is 0. The van der Waals surface area contributed by atoms with Crippen LogP contribution in [0.5, 0.6) is 0 Å². The molecule has 0 saturated carbocycles. The van der Waals surface area contributed by atoms with Crippen molar-refractivity contribution in [2.75, 3.05) is 19.7 Å². The van der Waals surface area contributed by atoms with Crippen LogP contribution in [-0.4, -0.2) is 29.2 Å². The number of ether oxygens (including phenoxy) is 1. The summed E-state index contributed by atoms with van der Waals surface area (Å²) in [4.78, 5) is 4.30. The molecule has 21 heavy (non-hydrogen) atoms. The van der Waals surface area contributed by atoms with E-state index in [1.807, 2.05) is 12.5 Å². The first-order valence-corrected chi connectivity index (χ1v) is 7.51. The molecule has 0 spiro atoms. The number of benzene rings is 1. The Labute approximate surface area is 126 Å². The van der Waals surface area contributed by atoms with E-state index in [1.165, 1.54) is 5.56 Å². The topological polar surface area (TPSA) is 39.1 Å². The van der Waals surface area contributed by atoms with Gasteiger partial charge >= 0.3 is 0 Å². The maximum atomic E-state index is 5.84. The minimum absolute atomic E-state index is 0.0727. The van der Waals surface area contributed by atoms with Crippen LogP contribution in [0.15, 0.2) is 36.8 Å². The summed E-state index contributed by atoms with van der Waals surface area (Å²) in [6.45, 7) is 9.19. The van der Waals surface area contributed by atoms with Crippen LogP contribution in [0.4, 0.5) is 0 Å². The highest BCUT2D eigenvalue weighted by molar-refractivity contribution is 5.38. The van der Waals surface area contributed by atoms with Gasteiger partial charge in [-0.3, -0.25) is 0 Å². The summed E-state index contributed by atoms with van der Waals surface area (Å²) in [7, 11) is 0. The second kappa shape index (κ2) is 5.62. The van der Waals surface area contributed by atoms with Crippen molar-refractivity contribution in [2.24, 2.45) is 0 Å². The van der Waals surface area contributed by atoms with Crippen LogP contribution < -0.4 is 5.32 Å². The van der Waals surface area contributed by atoms with E-state index in [2.05, 4.69) is 59.9 Å². The molecule has 4 nitrogen and oxygen atoms in total. The van der Waals surface area contributed by atoms with Crippen molar-refractivity contribution in [3.63, 3.8) is 0 Å². The number of imidazole rings is 1. The molecule has 112 valence electrons. The lowest BCUT2D eigenvalue weighted by Gasteiger charge is -2.25. The van der Waals surface area contributed by atoms with Crippen LogP contribution in [0.2, 0.25) is 0 Å². The average molecular weight is 285 g/mol. The van der Waals surface area contributed by atoms with Crippen LogP contribution in [0.3, 0.4) is 0 Å². The normalized spacial score (nSPS) is 19.7. The Kier molecular flexibility index (Phi) is 3.83. The van der Waals surface area contributed by atoms with Gasteiger partial charge in [0.1, 0.15) is 6.10 Å². The predicted octanol–water partition coefficient (Wildman–Crippen LogP) is 2.83. The molecule has 3 rings (SSSR count). The minimum Gasteiger partial charge on any atom is -0.369 e. The molecule has 1 saturated heterocycles. The van der Waals surface area contributed by atoms with Gasteiger partial charge in [0.05, 0.1) is 24.8 Å². The quantitative estimate of drug-likeness (QED) is 0.922. The second-order valence-electron chi connectivity index (χ2n) is 6.55. The minimum atomic E-state index is 0.0727. The lowest BCUT2D eigenvalue weighted by atomic mass is 9.87. The fraction of sp³-hybridized carbons (Fsp3) is 0.471. The van der Waals surface area contributed by atoms with Crippen LogP contribution in [0.1, 0.15) is 38.1 Å². The summed E-state index contributed by atoms with van der Waals surface area (Å²) < 4.78 is 7.95. The van der Waals surface area contributed by atoms with Crippen molar-refractivity contribution in [1.82, 2.24) is 14.9 Å². The highest BCUT2D eigenvalue weighted by Gasteiger charge is 2.20. The van der Waals surface area contributed by atoms with E-state index in [4.69, 9.17) is 4.74 Å². The number of rotatable bonds is 2. The van der Waals surface area contributed by atoms with Gasteiger partial charge in [0.25, 0.3) is 0 Å². The van der Waals surface area contributed by atoms with Gasteiger partial charge in [0.2, 0.25) is 0 Å². The summed E-state index contributed by atoms with van der Waals surface area (Å²) in [6, 6.07) is 8.70. The van der Waals surface area contributed by atoms with Crippen LogP contribution in [0, 0.1) is 0 Å². The van der Waals surface area contributed by atoms with E-state index in [-0.39, 0.29) is 11.5 Å². The van der Waals surface area contributed by atoms with Gasteiger partial charge < -0.3 is 14.6 Å². The van der Waals surface area contributed by atoms with E-state index in [0.717, 1.165) is 31.1 Å². The monoisotopic (exact) mass is 285 g/mol. The van der Waals surface area contributed by atoms with Crippen LogP contribution in [-0.2, 0) is 10.2 Å².